The number of para-hydroxylation sites is 1. The lowest BCUT2D eigenvalue weighted by atomic mass is 10.1. The highest BCUT2D eigenvalue weighted by molar-refractivity contribution is 6.05. The molecule has 0 aromatic heterocycles. The predicted octanol–water partition coefficient (Wildman–Crippen LogP) is 5.66. The fraction of sp³-hybridized carbons (Fsp3) is 0.0435. The van der Waals surface area contributed by atoms with Gasteiger partial charge in [0.15, 0.2) is 0 Å². The number of benzene rings is 3. The Kier molecular flexibility index (Phi) is 7.05. The molecule has 0 spiro atoms. The standard InChI is InChI=1S/C23H15F4N3O4/c24-16-8-5-15(6-9-16)22(32)28-17-10-11-19(18(13-17)23(25,26)27)29-21(31)12-7-14-3-1-2-4-20(14)30(33)34/h1-13H,(H,28,32)(H,29,31). The molecule has 0 bridgehead atoms. The maximum atomic E-state index is 13.6. The number of carbonyl (C=O) groups is 2. The van der Waals surface area contributed by atoms with Crippen molar-refractivity contribution in [3.63, 3.8) is 0 Å². The molecule has 34 heavy (non-hydrogen) atoms. The fourth-order valence-corrected chi connectivity index (χ4v) is 2.90. The molecule has 0 fully saturated rings. The highest BCUT2D eigenvalue weighted by atomic mass is 19.4. The summed E-state index contributed by atoms with van der Waals surface area (Å²) in [6.07, 6.45) is -2.90. The van der Waals surface area contributed by atoms with Gasteiger partial charge in [-0.25, -0.2) is 4.39 Å². The van der Waals surface area contributed by atoms with E-state index in [9.17, 15) is 37.3 Å². The molecule has 0 aliphatic heterocycles. The van der Waals surface area contributed by atoms with Crippen LogP contribution in [0.25, 0.3) is 6.08 Å². The van der Waals surface area contributed by atoms with Crippen molar-refractivity contribution in [2.24, 2.45) is 0 Å². The molecule has 0 saturated heterocycles. The van der Waals surface area contributed by atoms with Gasteiger partial charge in [-0.2, -0.15) is 13.2 Å². The van der Waals surface area contributed by atoms with Crippen LogP contribution in [0.15, 0.2) is 72.8 Å². The van der Waals surface area contributed by atoms with Crippen molar-refractivity contribution >= 4 is 35.0 Å². The van der Waals surface area contributed by atoms with Crippen LogP contribution in [0.4, 0.5) is 34.6 Å². The first kappa shape index (κ1) is 24.1. The molecule has 3 aromatic rings. The average molecular weight is 473 g/mol. The van der Waals surface area contributed by atoms with E-state index in [-0.39, 0.29) is 22.5 Å². The highest BCUT2D eigenvalue weighted by Gasteiger charge is 2.34. The van der Waals surface area contributed by atoms with E-state index in [0.717, 1.165) is 36.4 Å². The predicted molar refractivity (Wildman–Crippen MR) is 117 cm³/mol. The Balaban J connectivity index is 1.80. The van der Waals surface area contributed by atoms with E-state index in [1.54, 1.807) is 0 Å². The lowest BCUT2D eigenvalue weighted by Gasteiger charge is -2.15. The zero-order chi connectivity index (χ0) is 24.9. The van der Waals surface area contributed by atoms with Gasteiger partial charge in [-0.05, 0) is 54.6 Å². The Morgan fingerprint density at radius 1 is 0.941 bits per heavy atom. The largest absolute Gasteiger partial charge is 0.418 e. The van der Waals surface area contributed by atoms with Gasteiger partial charge in [0, 0.05) is 23.4 Å². The van der Waals surface area contributed by atoms with Crippen LogP contribution in [0.1, 0.15) is 21.5 Å². The smallest absolute Gasteiger partial charge is 0.322 e. The molecule has 2 N–H and O–H groups in total. The zero-order valence-corrected chi connectivity index (χ0v) is 17.1. The van der Waals surface area contributed by atoms with E-state index in [0.29, 0.717) is 6.07 Å². The number of halogens is 4. The summed E-state index contributed by atoms with van der Waals surface area (Å²) < 4.78 is 53.7. The number of amides is 2. The highest BCUT2D eigenvalue weighted by Crippen LogP contribution is 2.36. The van der Waals surface area contributed by atoms with Gasteiger partial charge in [0.05, 0.1) is 21.7 Å². The summed E-state index contributed by atoms with van der Waals surface area (Å²) in [5.74, 6) is -2.28. The third-order valence-corrected chi connectivity index (χ3v) is 4.49. The van der Waals surface area contributed by atoms with Gasteiger partial charge in [-0.3, -0.25) is 19.7 Å². The number of rotatable bonds is 6. The minimum atomic E-state index is -4.87. The Hall–Kier alpha value is -4.54. The van der Waals surface area contributed by atoms with E-state index < -0.39 is 40.0 Å². The van der Waals surface area contributed by atoms with Crippen molar-refractivity contribution in [2.45, 2.75) is 6.18 Å². The van der Waals surface area contributed by atoms with Crippen LogP contribution in [-0.2, 0) is 11.0 Å². The minimum absolute atomic E-state index is 0.0347. The molecule has 11 heteroatoms. The van der Waals surface area contributed by atoms with Crippen LogP contribution in [0, 0.1) is 15.9 Å². The summed E-state index contributed by atoms with van der Waals surface area (Å²) in [4.78, 5) is 34.8. The Morgan fingerprint density at radius 3 is 2.26 bits per heavy atom. The van der Waals surface area contributed by atoms with Crippen molar-refractivity contribution in [3.8, 4) is 0 Å². The van der Waals surface area contributed by atoms with Gasteiger partial charge in [-0.1, -0.05) is 12.1 Å². The van der Waals surface area contributed by atoms with Crippen LogP contribution in [-0.4, -0.2) is 16.7 Å². The van der Waals surface area contributed by atoms with E-state index in [4.69, 9.17) is 0 Å². The van der Waals surface area contributed by atoms with Gasteiger partial charge in [0.1, 0.15) is 5.82 Å². The van der Waals surface area contributed by atoms with Crippen LogP contribution >= 0.6 is 0 Å². The monoisotopic (exact) mass is 473 g/mol. The van der Waals surface area contributed by atoms with Crippen LogP contribution in [0.5, 0.6) is 0 Å². The number of nitro groups is 1. The first-order valence-electron chi connectivity index (χ1n) is 9.55. The van der Waals surface area contributed by atoms with Crippen molar-refractivity contribution in [1.29, 1.82) is 0 Å². The Labute approximate surface area is 189 Å². The molecular formula is C23H15F4N3O4. The quantitative estimate of drug-likeness (QED) is 0.209. The summed E-state index contributed by atoms with van der Waals surface area (Å²) in [6, 6.07) is 12.7. The number of alkyl halides is 3. The number of carbonyl (C=O) groups excluding carboxylic acids is 2. The fourth-order valence-electron chi connectivity index (χ4n) is 2.90. The summed E-state index contributed by atoms with van der Waals surface area (Å²) >= 11 is 0. The number of hydrogen-bond acceptors (Lipinski definition) is 4. The minimum Gasteiger partial charge on any atom is -0.322 e. The maximum Gasteiger partial charge on any atom is 0.418 e. The molecule has 0 unspecified atom stereocenters. The molecule has 3 rings (SSSR count). The molecule has 0 heterocycles. The molecule has 174 valence electrons. The number of anilines is 2. The second kappa shape index (κ2) is 9.94. The number of hydrogen-bond donors (Lipinski definition) is 2. The van der Waals surface area contributed by atoms with Crippen molar-refractivity contribution in [3.05, 3.63) is 105 Å². The van der Waals surface area contributed by atoms with Crippen molar-refractivity contribution in [2.75, 3.05) is 10.6 Å². The normalized spacial score (nSPS) is 11.3. The van der Waals surface area contributed by atoms with Crippen LogP contribution in [0.3, 0.4) is 0 Å². The lowest BCUT2D eigenvalue weighted by Crippen LogP contribution is -2.17. The second-order valence-electron chi connectivity index (χ2n) is 6.86. The molecule has 0 atom stereocenters. The summed E-state index contributed by atoms with van der Waals surface area (Å²) in [5.41, 5.74) is -2.15. The summed E-state index contributed by atoms with van der Waals surface area (Å²) in [5, 5.41) is 15.4. The zero-order valence-electron chi connectivity index (χ0n) is 17.1. The van der Waals surface area contributed by atoms with Crippen molar-refractivity contribution in [1.82, 2.24) is 0 Å². The molecule has 7 nitrogen and oxygen atoms in total. The van der Waals surface area contributed by atoms with Gasteiger partial charge >= 0.3 is 6.18 Å². The van der Waals surface area contributed by atoms with Gasteiger partial charge in [-0.15, -0.1) is 0 Å². The lowest BCUT2D eigenvalue weighted by molar-refractivity contribution is -0.385. The van der Waals surface area contributed by atoms with Gasteiger partial charge in [0.2, 0.25) is 5.91 Å². The van der Waals surface area contributed by atoms with Crippen molar-refractivity contribution < 1.29 is 32.1 Å². The molecular weight excluding hydrogens is 458 g/mol. The summed E-state index contributed by atoms with van der Waals surface area (Å²) in [6.45, 7) is 0. The van der Waals surface area contributed by atoms with E-state index >= 15 is 0 Å². The Bertz CT molecular complexity index is 1270. The van der Waals surface area contributed by atoms with E-state index in [1.807, 2.05) is 0 Å². The van der Waals surface area contributed by atoms with E-state index in [2.05, 4.69) is 10.6 Å². The molecule has 0 aliphatic carbocycles. The van der Waals surface area contributed by atoms with Crippen LogP contribution in [0.2, 0.25) is 0 Å². The Morgan fingerprint density at radius 2 is 1.62 bits per heavy atom. The summed E-state index contributed by atoms with van der Waals surface area (Å²) in [7, 11) is 0. The molecule has 0 aliphatic rings. The van der Waals surface area contributed by atoms with Gasteiger partial charge in [0.25, 0.3) is 11.6 Å². The third kappa shape index (κ3) is 6.03. The molecule has 3 aromatic carbocycles. The van der Waals surface area contributed by atoms with Gasteiger partial charge < -0.3 is 10.6 Å². The first-order chi connectivity index (χ1) is 16.0. The topological polar surface area (TPSA) is 101 Å². The molecule has 2 amide bonds. The molecule has 0 radical (unpaired) electrons. The number of nitro benzene ring substituents is 1. The average Bonchev–Trinajstić information content (AvgIpc) is 2.78. The SMILES string of the molecule is O=C(C=Cc1ccccc1[N+](=O)[O-])Nc1ccc(NC(=O)c2ccc(F)cc2)cc1C(F)(F)F. The van der Waals surface area contributed by atoms with E-state index in [1.165, 1.54) is 36.4 Å². The third-order valence-electron chi connectivity index (χ3n) is 4.49. The first-order valence-corrected chi connectivity index (χ1v) is 9.55. The second-order valence-corrected chi connectivity index (χ2v) is 6.86. The maximum absolute atomic E-state index is 13.6. The number of nitrogens with one attached hydrogen (secondary N) is 2. The van der Waals surface area contributed by atoms with Crippen LogP contribution < -0.4 is 10.6 Å². The number of nitrogens with zero attached hydrogens (tertiary/aromatic N) is 1. The molecule has 0 saturated carbocycles.